The first-order valence-electron chi connectivity index (χ1n) is 7.32. The Hall–Kier alpha value is -0.870. The number of halogens is 1. The number of nitrogens with zero attached hydrogens (tertiary/aromatic N) is 1. The quantitative estimate of drug-likeness (QED) is 0.914. The summed E-state index contributed by atoms with van der Waals surface area (Å²) >= 11 is 3.44. The molecule has 0 radical (unpaired) electrons. The second kappa shape index (κ2) is 5.49. The van der Waals surface area contributed by atoms with Crippen LogP contribution < -0.4 is 0 Å². The molecule has 1 aromatic rings. The van der Waals surface area contributed by atoms with Crippen LogP contribution in [0.2, 0.25) is 0 Å². The summed E-state index contributed by atoms with van der Waals surface area (Å²) in [6.07, 6.45) is 3.46. The molecule has 0 bridgehead atoms. The van der Waals surface area contributed by atoms with Crippen LogP contribution in [0, 0.1) is 11.8 Å². The molecule has 4 unspecified atom stereocenters. The first-order chi connectivity index (χ1) is 9.58. The molecule has 3 rings (SSSR count). The van der Waals surface area contributed by atoms with Gasteiger partial charge in [0.15, 0.2) is 0 Å². The number of rotatable bonds is 3. The SMILES string of the molecule is CC(c1ccc(Br)cc1)N1CC2CCCC2C1C(=O)O. The van der Waals surface area contributed by atoms with E-state index in [4.69, 9.17) is 0 Å². The third kappa shape index (κ3) is 2.40. The van der Waals surface area contributed by atoms with Crippen LogP contribution in [-0.4, -0.2) is 28.6 Å². The molecule has 1 N–H and O–H groups in total. The van der Waals surface area contributed by atoms with E-state index in [0.717, 1.165) is 17.4 Å². The number of hydrogen-bond acceptors (Lipinski definition) is 2. The first kappa shape index (κ1) is 14.1. The van der Waals surface area contributed by atoms with Crippen LogP contribution >= 0.6 is 15.9 Å². The number of aliphatic carboxylic acids is 1. The van der Waals surface area contributed by atoms with E-state index in [-0.39, 0.29) is 12.1 Å². The van der Waals surface area contributed by atoms with E-state index >= 15 is 0 Å². The van der Waals surface area contributed by atoms with Crippen molar-refractivity contribution in [3.8, 4) is 0 Å². The fourth-order valence-corrected chi connectivity index (χ4v) is 4.26. The zero-order valence-electron chi connectivity index (χ0n) is 11.6. The van der Waals surface area contributed by atoms with Crippen molar-refractivity contribution in [2.24, 2.45) is 11.8 Å². The van der Waals surface area contributed by atoms with Gasteiger partial charge in [0, 0.05) is 17.1 Å². The normalized spacial score (nSPS) is 31.2. The average molecular weight is 338 g/mol. The van der Waals surface area contributed by atoms with Crippen LogP contribution in [0.3, 0.4) is 0 Å². The van der Waals surface area contributed by atoms with Gasteiger partial charge < -0.3 is 5.11 Å². The summed E-state index contributed by atoms with van der Waals surface area (Å²) < 4.78 is 1.06. The summed E-state index contributed by atoms with van der Waals surface area (Å²) in [7, 11) is 0. The minimum atomic E-state index is -0.650. The van der Waals surface area contributed by atoms with Gasteiger partial charge in [-0.3, -0.25) is 9.69 Å². The Bertz CT molecular complexity index is 502. The van der Waals surface area contributed by atoms with Crippen LogP contribution in [-0.2, 0) is 4.79 Å². The molecule has 3 nitrogen and oxygen atoms in total. The van der Waals surface area contributed by atoms with Gasteiger partial charge in [0.25, 0.3) is 0 Å². The maximum Gasteiger partial charge on any atom is 0.321 e. The van der Waals surface area contributed by atoms with Crippen LogP contribution in [0.4, 0.5) is 0 Å². The van der Waals surface area contributed by atoms with E-state index in [1.807, 2.05) is 12.1 Å². The highest BCUT2D eigenvalue weighted by molar-refractivity contribution is 9.10. The fraction of sp³-hybridized carbons (Fsp3) is 0.562. The van der Waals surface area contributed by atoms with Crippen molar-refractivity contribution in [2.75, 3.05) is 6.54 Å². The Kier molecular flexibility index (Phi) is 3.87. The van der Waals surface area contributed by atoms with Gasteiger partial charge in [0.05, 0.1) is 0 Å². The molecule has 2 aliphatic rings. The predicted molar refractivity (Wildman–Crippen MR) is 81.5 cm³/mol. The van der Waals surface area contributed by atoms with Crippen molar-refractivity contribution in [1.29, 1.82) is 0 Å². The second-order valence-electron chi connectivity index (χ2n) is 6.06. The van der Waals surface area contributed by atoms with E-state index in [1.165, 1.54) is 18.4 Å². The van der Waals surface area contributed by atoms with Crippen molar-refractivity contribution in [3.05, 3.63) is 34.3 Å². The smallest absolute Gasteiger partial charge is 0.321 e. The molecular weight excluding hydrogens is 318 g/mol. The van der Waals surface area contributed by atoms with E-state index in [0.29, 0.717) is 11.8 Å². The molecule has 1 aromatic carbocycles. The summed E-state index contributed by atoms with van der Waals surface area (Å²) in [6.45, 7) is 3.05. The van der Waals surface area contributed by atoms with Gasteiger partial charge in [-0.15, -0.1) is 0 Å². The Balaban J connectivity index is 1.84. The van der Waals surface area contributed by atoms with Crippen molar-refractivity contribution in [1.82, 2.24) is 4.90 Å². The predicted octanol–water partition coefficient (Wildman–Crippen LogP) is 3.70. The number of benzene rings is 1. The van der Waals surface area contributed by atoms with Gasteiger partial charge in [-0.05, 0) is 49.3 Å². The third-order valence-corrected chi connectivity index (χ3v) is 5.56. The molecule has 0 spiro atoms. The maximum absolute atomic E-state index is 11.7. The molecule has 1 heterocycles. The van der Waals surface area contributed by atoms with Crippen molar-refractivity contribution in [3.63, 3.8) is 0 Å². The Morgan fingerprint density at radius 2 is 2.05 bits per heavy atom. The van der Waals surface area contributed by atoms with Crippen LogP contribution in [0.1, 0.15) is 37.8 Å². The summed E-state index contributed by atoms with van der Waals surface area (Å²) in [5.74, 6) is 0.280. The molecule has 1 aliphatic carbocycles. The zero-order valence-corrected chi connectivity index (χ0v) is 13.2. The number of fused-ring (bicyclic) bond motifs is 1. The first-order valence-corrected chi connectivity index (χ1v) is 8.11. The largest absolute Gasteiger partial charge is 0.480 e. The van der Waals surface area contributed by atoms with Gasteiger partial charge in [0.2, 0.25) is 0 Å². The lowest BCUT2D eigenvalue weighted by atomic mass is 9.94. The minimum Gasteiger partial charge on any atom is -0.480 e. The van der Waals surface area contributed by atoms with Gasteiger partial charge in [-0.1, -0.05) is 34.5 Å². The zero-order chi connectivity index (χ0) is 14.3. The fourth-order valence-electron chi connectivity index (χ4n) is 3.99. The molecule has 0 amide bonds. The Labute approximate surface area is 128 Å². The topological polar surface area (TPSA) is 40.5 Å². The highest BCUT2D eigenvalue weighted by Crippen LogP contribution is 2.45. The van der Waals surface area contributed by atoms with Crippen LogP contribution in [0.15, 0.2) is 28.7 Å². The van der Waals surface area contributed by atoms with E-state index in [2.05, 4.69) is 39.9 Å². The van der Waals surface area contributed by atoms with Crippen LogP contribution in [0.25, 0.3) is 0 Å². The highest BCUT2D eigenvalue weighted by atomic mass is 79.9. The molecular formula is C16H20BrNO2. The lowest BCUT2D eigenvalue weighted by Crippen LogP contribution is -2.41. The average Bonchev–Trinajstić information content (AvgIpc) is 2.97. The van der Waals surface area contributed by atoms with Gasteiger partial charge in [-0.2, -0.15) is 0 Å². The monoisotopic (exact) mass is 337 g/mol. The lowest BCUT2D eigenvalue weighted by Gasteiger charge is -2.30. The van der Waals surface area contributed by atoms with Gasteiger partial charge in [-0.25, -0.2) is 0 Å². The van der Waals surface area contributed by atoms with E-state index < -0.39 is 5.97 Å². The Morgan fingerprint density at radius 3 is 2.70 bits per heavy atom. The number of carbonyl (C=O) groups is 1. The summed E-state index contributed by atoms with van der Waals surface area (Å²) in [5.41, 5.74) is 1.19. The molecule has 4 heteroatoms. The molecule has 108 valence electrons. The van der Waals surface area contributed by atoms with Crippen molar-refractivity contribution in [2.45, 2.75) is 38.3 Å². The molecule has 0 aromatic heterocycles. The molecule has 2 fully saturated rings. The molecule has 1 aliphatic heterocycles. The molecule has 1 saturated carbocycles. The molecule has 1 saturated heterocycles. The summed E-state index contributed by atoms with van der Waals surface area (Å²) in [4.78, 5) is 13.9. The van der Waals surface area contributed by atoms with Gasteiger partial charge >= 0.3 is 5.97 Å². The number of hydrogen-bond donors (Lipinski definition) is 1. The Morgan fingerprint density at radius 1 is 1.35 bits per heavy atom. The third-order valence-electron chi connectivity index (χ3n) is 5.03. The van der Waals surface area contributed by atoms with Gasteiger partial charge in [0.1, 0.15) is 6.04 Å². The minimum absolute atomic E-state index is 0.162. The molecule has 4 atom stereocenters. The number of carboxylic acids is 1. The summed E-state index contributed by atoms with van der Waals surface area (Å²) in [6, 6.07) is 8.08. The van der Waals surface area contributed by atoms with Crippen molar-refractivity contribution < 1.29 is 9.90 Å². The summed E-state index contributed by atoms with van der Waals surface area (Å²) in [5, 5.41) is 9.62. The lowest BCUT2D eigenvalue weighted by molar-refractivity contribution is -0.144. The van der Waals surface area contributed by atoms with E-state index in [1.54, 1.807) is 0 Å². The van der Waals surface area contributed by atoms with Crippen LogP contribution in [0.5, 0.6) is 0 Å². The van der Waals surface area contributed by atoms with E-state index in [9.17, 15) is 9.90 Å². The maximum atomic E-state index is 11.7. The number of likely N-dealkylation sites (tertiary alicyclic amines) is 1. The second-order valence-corrected chi connectivity index (χ2v) is 6.98. The highest BCUT2D eigenvalue weighted by Gasteiger charge is 2.49. The number of carboxylic acid groups (broad SMARTS) is 1. The molecule has 20 heavy (non-hydrogen) atoms. The van der Waals surface area contributed by atoms with Crippen molar-refractivity contribution >= 4 is 21.9 Å². The standard InChI is InChI=1S/C16H20BrNO2/c1-10(11-5-7-13(17)8-6-11)18-9-12-3-2-4-14(12)15(18)16(19)20/h5-8,10,12,14-15H,2-4,9H2,1H3,(H,19,20).